The van der Waals surface area contributed by atoms with Gasteiger partial charge in [0.25, 0.3) is 0 Å². The number of carbonyl (C=O) groups is 3. The largest absolute Gasteiger partial charge is 1.00 e. The summed E-state index contributed by atoms with van der Waals surface area (Å²) in [6.45, 7) is 0. The normalized spacial score (nSPS) is 9.35. The maximum absolute atomic E-state index is 10.3. The molecule has 0 atom stereocenters. The smallest absolute Gasteiger partial charge is 0.544 e. The monoisotopic (exact) mass is 282 g/mol. The van der Waals surface area contributed by atoms with Gasteiger partial charge in [0.15, 0.2) is 5.60 Å². The zero-order valence-electron chi connectivity index (χ0n) is 8.62. The molecule has 0 aromatic carbocycles. The molecular formula is C6H8ClNaO9. The second kappa shape index (κ2) is 10.7. The van der Waals surface area contributed by atoms with Crippen LogP contribution in [0.4, 0.5) is 0 Å². The maximum Gasteiger partial charge on any atom is 1.00 e. The number of aliphatic carboxylic acids is 3. The van der Waals surface area contributed by atoms with Crippen molar-refractivity contribution in [1.82, 2.24) is 0 Å². The molecule has 0 aliphatic heterocycles. The Labute approximate surface area is 121 Å². The van der Waals surface area contributed by atoms with Crippen LogP contribution in [-0.2, 0) is 14.4 Å². The molecule has 0 heterocycles. The van der Waals surface area contributed by atoms with Gasteiger partial charge in [-0.05, 0) is 0 Å². The Balaban J connectivity index is -0.000000440. The zero-order chi connectivity index (χ0) is 13.4. The summed E-state index contributed by atoms with van der Waals surface area (Å²) in [6.07, 6.45) is -2.29. The first-order valence-electron chi connectivity index (χ1n) is 3.48. The fraction of sp³-hybridized carbons (Fsp3) is 0.500. The summed E-state index contributed by atoms with van der Waals surface area (Å²) < 4.78 is 16.5. The summed E-state index contributed by atoms with van der Waals surface area (Å²) in [6, 6.07) is 0. The fourth-order valence-corrected chi connectivity index (χ4v) is 0.714. The van der Waals surface area contributed by atoms with Gasteiger partial charge in [0.2, 0.25) is 0 Å². The van der Waals surface area contributed by atoms with Gasteiger partial charge < -0.3 is 29.7 Å². The minimum Gasteiger partial charge on any atom is -0.544 e. The summed E-state index contributed by atoms with van der Waals surface area (Å²) >= 11 is -0.417. The molecule has 0 aromatic rings. The van der Waals surface area contributed by atoms with Gasteiger partial charge >= 0.3 is 47.5 Å². The molecule has 4 N–H and O–H groups in total. The van der Waals surface area contributed by atoms with E-state index in [1.54, 1.807) is 0 Å². The minimum atomic E-state index is -2.74. The Morgan fingerprint density at radius 3 is 1.35 bits per heavy atom. The molecule has 9 nitrogen and oxygen atoms in total. The number of rotatable bonds is 5. The molecule has 0 radical (unpaired) electrons. The van der Waals surface area contributed by atoms with Gasteiger partial charge in [-0.2, -0.15) is 0 Å². The molecule has 0 saturated heterocycles. The van der Waals surface area contributed by atoms with E-state index in [2.05, 4.69) is 0 Å². The van der Waals surface area contributed by atoms with Crippen molar-refractivity contribution < 1.29 is 85.0 Å². The number of carboxylic acid groups (broad SMARTS) is 3. The maximum atomic E-state index is 10.3. The van der Waals surface area contributed by atoms with Gasteiger partial charge in [-0.1, -0.05) is 0 Å². The van der Waals surface area contributed by atoms with Crippen molar-refractivity contribution in [3.63, 3.8) is 0 Å². The van der Waals surface area contributed by atoms with Crippen molar-refractivity contribution in [2.24, 2.45) is 0 Å². The number of carboxylic acids is 3. The third-order valence-corrected chi connectivity index (χ3v) is 1.29. The molecule has 0 bridgehead atoms. The van der Waals surface area contributed by atoms with Crippen LogP contribution in [0.3, 0.4) is 0 Å². The van der Waals surface area contributed by atoms with Crippen molar-refractivity contribution in [3.8, 4) is 0 Å². The van der Waals surface area contributed by atoms with Crippen molar-refractivity contribution in [2.45, 2.75) is 18.4 Å². The molecule has 0 aliphatic rings. The molecular weight excluding hydrogens is 274 g/mol. The third kappa shape index (κ3) is 11.8. The SMILES string of the molecule is O=C(O)CC(O)(CC(=O)O)C(=O)O.[Na+].[O-][Cl+][O-]. The second-order valence-electron chi connectivity index (χ2n) is 2.54. The Bertz CT molecular complexity index is 252. The Morgan fingerprint density at radius 2 is 1.24 bits per heavy atom. The van der Waals surface area contributed by atoms with Gasteiger partial charge in [0, 0.05) is 0 Å². The predicted molar refractivity (Wildman–Crippen MR) is 37.1 cm³/mol. The summed E-state index contributed by atoms with van der Waals surface area (Å²) in [4.78, 5) is 30.5. The van der Waals surface area contributed by atoms with Gasteiger partial charge in [0.05, 0.1) is 24.2 Å². The zero-order valence-corrected chi connectivity index (χ0v) is 11.4. The van der Waals surface area contributed by atoms with Crippen LogP contribution in [0.2, 0.25) is 0 Å². The predicted octanol–water partition coefficient (Wildman–Crippen LogP) is -6.62. The first-order valence-corrected chi connectivity index (χ1v) is 4.10. The molecule has 94 valence electrons. The van der Waals surface area contributed by atoms with Gasteiger partial charge in [-0.25, -0.2) is 4.79 Å². The molecule has 0 amide bonds. The summed E-state index contributed by atoms with van der Waals surface area (Å²) in [7, 11) is 0. The van der Waals surface area contributed by atoms with Crippen LogP contribution in [0.25, 0.3) is 0 Å². The van der Waals surface area contributed by atoms with Gasteiger partial charge in [-0.15, -0.1) is 0 Å². The van der Waals surface area contributed by atoms with Crippen LogP contribution >= 0.6 is 0 Å². The van der Waals surface area contributed by atoms with E-state index in [9.17, 15) is 14.4 Å². The Kier molecular flexibility index (Phi) is 13.8. The van der Waals surface area contributed by atoms with Crippen molar-refractivity contribution in [2.75, 3.05) is 0 Å². The van der Waals surface area contributed by atoms with E-state index < -0.39 is 47.7 Å². The van der Waals surface area contributed by atoms with Crippen LogP contribution in [0, 0.1) is 11.3 Å². The van der Waals surface area contributed by atoms with E-state index in [4.69, 9.17) is 29.7 Å². The average Bonchev–Trinajstić information content (AvgIpc) is 2.01. The van der Waals surface area contributed by atoms with E-state index in [0.717, 1.165) is 0 Å². The molecule has 0 aliphatic carbocycles. The van der Waals surface area contributed by atoms with E-state index in [0.29, 0.717) is 0 Å². The number of aliphatic hydroxyl groups is 1. The minimum absolute atomic E-state index is 0. The molecule has 0 unspecified atom stereocenters. The van der Waals surface area contributed by atoms with Gasteiger partial charge in [0.1, 0.15) is 0 Å². The van der Waals surface area contributed by atoms with E-state index in [-0.39, 0.29) is 29.6 Å². The average molecular weight is 283 g/mol. The molecule has 17 heavy (non-hydrogen) atoms. The van der Waals surface area contributed by atoms with Crippen LogP contribution in [-0.4, -0.2) is 43.9 Å². The summed E-state index contributed by atoms with van der Waals surface area (Å²) in [5, 5.41) is 33.8. The molecule has 0 saturated carbocycles. The van der Waals surface area contributed by atoms with E-state index in [1.807, 2.05) is 0 Å². The first kappa shape index (κ1) is 21.8. The van der Waals surface area contributed by atoms with Crippen molar-refractivity contribution in [3.05, 3.63) is 0 Å². The molecule has 0 rings (SSSR count). The number of halogens is 1. The van der Waals surface area contributed by atoms with Crippen LogP contribution in [0.15, 0.2) is 0 Å². The standard InChI is InChI=1S/C6H8O7.ClO2.Na/c7-3(8)1-6(13,5(11)12)2-4(9)10;2-1-3;/h13H,1-2H2,(H,7,8)(H,9,10)(H,11,12);;/q;-1;+1. The third-order valence-electron chi connectivity index (χ3n) is 1.29. The Morgan fingerprint density at radius 1 is 1.00 bits per heavy atom. The number of hydrogen-bond acceptors (Lipinski definition) is 6. The molecule has 0 spiro atoms. The quantitative estimate of drug-likeness (QED) is 0.357. The fourth-order valence-electron chi connectivity index (χ4n) is 0.714. The number of hydrogen-bond donors (Lipinski definition) is 4. The molecule has 0 aromatic heterocycles. The van der Waals surface area contributed by atoms with Crippen LogP contribution < -0.4 is 38.9 Å². The first-order chi connectivity index (χ1) is 7.19. The van der Waals surface area contributed by atoms with E-state index in [1.165, 1.54) is 0 Å². The summed E-state index contributed by atoms with van der Waals surface area (Å²) in [5.41, 5.74) is -2.74. The van der Waals surface area contributed by atoms with Gasteiger partial charge in [-0.3, -0.25) is 9.59 Å². The van der Waals surface area contributed by atoms with E-state index >= 15 is 0 Å². The van der Waals surface area contributed by atoms with Crippen LogP contribution in [0.5, 0.6) is 0 Å². The summed E-state index contributed by atoms with van der Waals surface area (Å²) in [5.74, 6) is -5.02. The molecule has 11 heteroatoms. The van der Waals surface area contributed by atoms with Crippen molar-refractivity contribution >= 4 is 17.9 Å². The Hall–Kier alpha value is -0.420. The van der Waals surface area contributed by atoms with Crippen LogP contribution in [0.1, 0.15) is 12.8 Å². The van der Waals surface area contributed by atoms with Crippen molar-refractivity contribution in [1.29, 1.82) is 0 Å². The second-order valence-corrected chi connectivity index (χ2v) is 2.67. The topological polar surface area (TPSA) is 178 Å². The molecule has 0 fully saturated rings.